The summed E-state index contributed by atoms with van der Waals surface area (Å²) in [7, 11) is 1.31. The quantitative estimate of drug-likeness (QED) is 0.244. The number of esters is 4. The molecule has 12 heteroatoms. The maximum Gasteiger partial charge on any atom is 0.348 e. The Bertz CT molecular complexity index is 957. The summed E-state index contributed by atoms with van der Waals surface area (Å²) in [5, 5.41) is 23.7. The van der Waals surface area contributed by atoms with Crippen LogP contribution in [0.15, 0.2) is 11.8 Å². The number of aliphatic hydroxyl groups is 2. The van der Waals surface area contributed by atoms with Crippen molar-refractivity contribution < 1.29 is 57.8 Å². The van der Waals surface area contributed by atoms with Gasteiger partial charge in [0.25, 0.3) is 6.29 Å². The van der Waals surface area contributed by atoms with E-state index in [4.69, 9.17) is 28.4 Å². The summed E-state index contributed by atoms with van der Waals surface area (Å²) >= 11 is 0. The maximum absolute atomic E-state index is 12.9. The highest BCUT2D eigenvalue weighted by Gasteiger charge is 2.70. The standard InChI is InChI=1S/C28H44O12/c1-15(2)9-21(30)39-23(17(5)6)25(32)36-12-19-13-37-26(40-22(31)10-16(3)4)24-27(19,33)11-20(38-18(7)29)28(24,34)14-35-8/h13,15-17,20,23-24,26,33-34H,9-12,14H2,1-8H3/t20-,23-,24-,26-,27-,28+/m0/s1. The van der Waals surface area contributed by atoms with Crippen molar-refractivity contribution in [1.82, 2.24) is 0 Å². The minimum Gasteiger partial charge on any atom is -0.462 e. The average Bonchev–Trinajstić information content (AvgIpc) is 3.02. The van der Waals surface area contributed by atoms with E-state index in [1.54, 1.807) is 13.8 Å². The Morgan fingerprint density at radius 2 is 1.60 bits per heavy atom. The number of hydrogen-bond donors (Lipinski definition) is 2. The molecule has 2 N–H and O–H groups in total. The van der Waals surface area contributed by atoms with Crippen molar-refractivity contribution in [2.75, 3.05) is 20.3 Å². The molecule has 6 atom stereocenters. The van der Waals surface area contributed by atoms with E-state index in [9.17, 15) is 29.4 Å². The molecule has 0 bridgehead atoms. The van der Waals surface area contributed by atoms with Crippen molar-refractivity contribution in [3.63, 3.8) is 0 Å². The first-order chi connectivity index (χ1) is 18.5. The van der Waals surface area contributed by atoms with Crippen molar-refractivity contribution in [2.24, 2.45) is 23.7 Å². The van der Waals surface area contributed by atoms with E-state index in [0.717, 1.165) is 13.2 Å². The molecular weight excluding hydrogens is 528 g/mol. The SMILES string of the molecule is COC[C@@]1(O)[C@@H](OC(C)=O)C[C@]2(O)C(COC(=O)[C@@H](OC(=O)CC(C)C)C(C)C)=CO[C@@H](OC(=O)CC(C)C)[C@H]12. The van der Waals surface area contributed by atoms with Gasteiger partial charge in [-0.05, 0) is 11.8 Å². The van der Waals surface area contributed by atoms with Crippen molar-refractivity contribution >= 4 is 23.9 Å². The summed E-state index contributed by atoms with van der Waals surface area (Å²) in [6.45, 7) is 11.0. The monoisotopic (exact) mass is 572 g/mol. The van der Waals surface area contributed by atoms with Crippen LogP contribution < -0.4 is 0 Å². The molecule has 1 aliphatic heterocycles. The maximum atomic E-state index is 12.9. The summed E-state index contributed by atoms with van der Waals surface area (Å²) in [5.74, 6) is -4.47. The van der Waals surface area contributed by atoms with Gasteiger partial charge in [0.15, 0.2) is 0 Å². The van der Waals surface area contributed by atoms with E-state index in [0.29, 0.717) is 0 Å². The third-order valence-corrected chi connectivity index (χ3v) is 6.83. The number of ether oxygens (including phenoxy) is 6. The first-order valence-electron chi connectivity index (χ1n) is 13.6. The van der Waals surface area contributed by atoms with Crippen LogP contribution in [-0.4, -0.2) is 84.1 Å². The third kappa shape index (κ3) is 7.94. The molecule has 0 spiro atoms. The van der Waals surface area contributed by atoms with Crippen LogP contribution in [-0.2, 0) is 47.6 Å². The summed E-state index contributed by atoms with van der Waals surface area (Å²) in [6.07, 6.45) is -2.95. The van der Waals surface area contributed by atoms with Gasteiger partial charge in [-0.1, -0.05) is 41.5 Å². The Morgan fingerprint density at radius 3 is 2.12 bits per heavy atom. The number of fused-ring (bicyclic) bond motifs is 1. The van der Waals surface area contributed by atoms with Crippen LogP contribution in [0, 0.1) is 23.7 Å². The number of hydrogen-bond acceptors (Lipinski definition) is 12. The number of rotatable bonds is 13. The molecule has 12 nitrogen and oxygen atoms in total. The molecule has 2 rings (SSSR count). The highest BCUT2D eigenvalue weighted by Crippen LogP contribution is 2.53. The zero-order valence-electron chi connectivity index (χ0n) is 24.6. The van der Waals surface area contributed by atoms with Crippen LogP contribution in [0.25, 0.3) is 0 Å². The van der Waals surface area contributed by atoms with E-state index in [-0.39, 0.29) is 36.7 Å². The van der Waals surface area contributed by atoms with Crippen molar-refractivity contribution in [3.8, 4) is 0 Å². The van der Waals surface area contributed by atoms with Gasteiger partial charge in [-0.25, -0.2) is 4.79 Å². The van der Waals surface area contributed by atoms with Crippen LogP contribution in [0.2, 0.25) is 0 Å². The zero-order chi connectivity index (χ0) is 30.4. The molecule has 1 saturated carbocycles. The molecule has 0 aromatic heterocycles. The lowest BCUT2D eigenvalue weighted by atomic mass is 9.77. The zero-order valence-corrected chi connectivity index (χ0v) is 24.6. The Labute approximate surface area is 235 Å². The molecule has 0 amide bonds. The second-order valence-electron chi connectivity index (χ2n) is 11.7. The molecular formula is C28H44O12. The summed E-state index contributed by atoms with van der Waals surface area (Å²) in [4.78, 5) is 49.5. The highest BCUT2D eigenvalue weighted by atomic mass is 16.7. The lowest BCUT2D eigenvalue weighted by molar-refractivity contribution is -0.240. The molecule has 0 aromatic rings. The van der Waals surface area contributed by atoms with Gasteiger partial charge in [0.2, 0.25) is 6.10 Å². The third-order valence-electron chi connectivity index (χ3n) is 6.83. The summed E-state index contributed by atoms with van der Waals surface area (Å²) in [5.41, 5.74) is -3.99. The van der Waals surface area contributed by atoms with Crippen LogP contribution in [0.4, 0.5) is 0 Å². The second-order valence-corrected chi connectivity index (χ2v) is 11.7. The Kier molecular flexibility index (Phi) is 11.5. The van der Waals surface area contributed by atoms with Gasteiger partial charge in [-0.3, -0.25) is 14.4 Å². The molecule has 0 unspecified atom stereocenters. The fraction of sp³-hybridized carbons (Fsp3) is 0.786. The fourth-order valence-corrected chi connectivity index (χ4v) is 5.06. The van der Waals surface area contributed by atoms with Gasteiger partial charge in [0.05, 0.1) is 12.9 Å². The highest BCUT2D eigenvalue weighted by molar-refractivity contribution is 5.80. The van der Waals surface area contributed by atoms with Gasteiger partial charge < -0.3 is 38.6 Å². The van der Waals surface area contributed by atoms with Crippen LogP contribution >= 0.6 is 0 Å². The Hall–Kier alpha value is -2.70. The van der Waals surface area contributed by atoms with Crippen molar-refractivity contribution in [2.45, 2.75) is 97.4 Å². The largest absolute Gasteiger partial charge is 0.462 e. The molecule has 40 heavy (non-hydrogen) atoms. The molecule has 0 saturated heterocycles. The molecule has 228 valence electrons. The normalized spacial score (nSPS) is 28.4. The summed E-state index contributed by atoms with van der Waals surface area (Å²) in [6, 6.07) is 0. The van der Waals surface area contributed by atoms with Crippen LogP contribution in [0.5, 0.6) is 0 Å². The molecule has 1 aliphatic carbocycles. The molecule has 1 heterocycles. The minimum absolute atomic E-state index is 0.0285. The lowest BCUT2D eigenvalue weighted by Gasteiger charge is -2.44. The lowest BCUT2D eigenvalue weighted by Crippen LogP contribution is -2.59. The number of carbonyl (C=O) groups is 4. The molecule has 1 fully saturated rings. The van der Waals surface area contributed by atoms with Crippen molar-refractivity contribution in [1.29, 1.82) is 0 Å². The molecule has 0 radical (unpaired) electrons. The summed E-state index contributed by atoms with van der Waals surface area (Å²) < 4.78 is 32.5. The number of carbonyl (C=O) groups excluding carboxylic acids is 4. The van der Waals surface area contributed by atoms with Gasteiger partial charge >= 0.3 is 23.9 Å². The topological polar surface area (TPSA) is 164 Å². The fourth-order valence-electron chi connectivity index (χ4n) is 5.06. The minimum atomic E-state index is -2.03. The number of methoxy groups -OCH3 is 1. The average molecular weight is 573 g/mol. The van der Waals surface area contributed by atoms with E-state index < -0.39 is 78.6 Å². The molecule has 0 aromatic carbocycles. The van der Waals surface area contributed by atoms with Gasteiger partial charge in [-0.15, -0.1) is 0 Å². The van der Waals surface area contributed by atoms with E-state index in [2.05, 4.69) is 0 Å². The smallest absolute Gasteiger partial charge is 0.348 e. The Balaban J connectivity index is 2.37. The van der Waals surface area contributed by atoms with E-state index >= 15 is 0 Å². The van der Waals surface area contributed by atoms with Gasteiger partial charge in [-0.2, -0.15) is 0 Å². The van der Waals surface area contributed by atoms with Crippen molar-refractivity contribution in [3.05, 3.63) is 11.8 Å². The molecule has 2 aliphatic rings. The van der Waals surface area contributed by atoms with E-state index in [1.807, 2.05) is 27.7 Å². The predicted molar refractivity (Wildman–Crippen MR) is 139 cm³/mol. The van der Waals surface area contributed by atoms with Gasteiger partial charge in [0, 0.05) is 44.8 Å². The van der Waals surface area contributed by atoms with Crippen LogP contribution in [0.3, 0.4) is 0 Å². The van der Waals surface area contributed by atoms with Gasteiger partial charge in [0.1, 0.15) is 29.8 Å². The predicted octanol–water partition coefficient (Wildman–Crippen LogP) is 2.03. The Morgan fingerprint density at radius 1 is 1.00 bits per heavy atom. The second kappa shape index (κ2) is 13.8. The first kappa shape index (κ1) is 33.5. The van der Waals surface area contributed by atoms with Crippen LogP contribution in [0.1, 0.15) is 67.7 Å². The first-order valence-corrected chi connectivity index (χ1v) is 13.6. The van der Waals surface area contributed by atoms with E-state index in [1.165, 1.54) is 7.11 Å².